The van der Waals surface area contributed by atoms with Gasteiger partial charge in [0.1, 0.15) is 0 Å². The number of nitrogens with one attached hydrogen (secondary N) is 1. The summed E-state index contributed by atoms with van der Waals surface area (Å²) in [4.78, 5) is 16.9. The monoisotopic (exact) mass is 359 g/mol. The van der Waals surface area contributed by atoms with E-state index in [1.54, 1.807) is 24.3 Å². The molecule has 128 valence electrons. The Kier molecular flexibility index (Phi) is 4.51. The molecule has 1 heterocycles. The van der Waals surface area contributed by atoms with Crippen LogP contribution in [0.3, 0.4) is 0 Å². The van der Waals surface area contributed by atoms with Crippen molar-refractivity contribution in [1.82, 2.24) is 4.98 Å². The molecule has 3 aromatic rings. The van der Waals surface area contributed by atoms with E-state index in [2.05, 4.69) is 28.5 Å². The number of aromatic nitrogens is 1. The second-order valence-corrected chi connectivity index (χ2v) is 7.23. The number of amides is 1. The van der Waals surface area contributed by atoms with Crippen molar-refractivity contribution in [2.75, 3.05) is 5.32 Å². The lowest BCUT2D eigenvalue weighted by Crippen LogP contribution is -2.11. The molecule has 0 spiro atoms. The first kappa shape index (κ1) is 16.5. The first-order chi connectivity index (χ1) is 12.7. The Morgan fingerprint density at radius 1 is 1.12 bits per heavy atom. The van der Waals surface area contributed by atoms with Crippen molar-refractivity contribution < 1.29 is 4.79 Å². The Morgan fingerprint density at radius 3 is 2.81 bits per heavy atom. The molecule has 0 bridgehead atoms. The Hall–Kier alpha value is -2.97. The Balaban J connectivity index is 1.53. The molecule has 0 saturated carbocycles. The fourth-order valence-electron chi connectivity index (χ4n) is 3.26. The molecule has 0 aliphatic heterocycles. The van der Waals surface area contributed by atoms with Gasteiger partial charge >= 0.3 is 0 Å². The molecule has 1 amide bonds. The molecule has 1 aliphatic carbocycles. The molecule has 4 rings (SSSR count). The van der Waals surface area contributed by atoms with Crippen molar-refractivity contribution in [3.63, 3.8) is 0 Å². The van der Waals surface area contributed by atoms with Gasteiger partial charge in [0.25, 0.3) is 5.91 Å². The van der Waals surface area contributed by atoms with Gasteiger partial charge in [-0.15, -0.1) is 11.3 Å². The zero-order valence-electron chi connectivity index (χ0n) is 14.2. The third-order valence-electron chi connectivity index (χ3n) is 4.62. The number of hydrogen-bond donors (Lipinski definition) is 1. The van der Waals surface area contributed by atoms with Crippen LogP contribution < -0.4 is 5.32 Å². The first-order valence-corrected chi connectivity index (χ1v) is 9.50. The number of carbonyl (C=O) groups is 1. The van der Waals surface area contributed by atoms with Gasteiger partial charge in [0.2, 0.25) is 0 Å². The Morgan fingerprint density at radius 2 is 1.96 bits per heavy atom. The standard InChI is InChI=1S/C21H17N3OS/c22-12-14-4-3-7-18(10-14)20(25)24-21-23-19(13-26-21)17-9-8-15-5-1-2-6-16(15)11-17/h3-4,7-11,13H,1-2,5-6H2,(H,23,24,25). The minimum atomic E-state index is -0.256. The summed E-state index contributed by atoms with van der Waals surface area (Å²) in [6, 6.07) is 15.2. The first-order valence-electron chi connectivity index (χ1n) is 8.62. The van der Waals surface area contributed by atoms with Crippen LogP contribution >= 0.6 is 11.3 Å². The van der Waals surface area contributed by atoms with E-state index in [0.717, 1.165) is 24.1 Å². The molecule has 0 unspecified atom stereocenters. The smallest absolute Gasteiger partial charge is 0.257 e. The average molecular weight is 359 g/mol. The molecule has 1 N–H and O–H groups in total. The fraction of sp³-hybridized carbons (Fsp3) is 0.190. The van der Waals surface area contributed by atoms with Crippen LogP contribution in [-0.2, 0) is 12.8 Å². The predicted molar refractivity (Wildman–Crippen MR) is 103 cm³/mol. The number of nitriles is 1. The van der Waals surface area contributed by atoms with Gasteiger partial charge in [0.05, 0.1) is 17.3 Å². The summed E-state index contributed by atoms with van der Waals surface area (Å²) in [5, 5.41) is 14.3. The molecule has 2 aromatic carbocycles. The number of aryl methyl sites for hydroxylation is 2. The van der Waals surface area contributed by atoms with Crippen molar-refractivity contribution >= 4 is 22.4 Å². The quantitative estimate of drug-likeness (QED) is 0.729. The normalized spacial score (nSPS) is 12.9. The van der Waals surface area contributed by atoms with Crippen LogP contribution in [0.15, 0.2) is 47.8 Å². The van der Waals surface area contributed by atoms with Crippen LogP contribution in [0.1, 0.15) is 39.9 Å². The van der Waals surface area contributed by atoms with Gasteiger partial charge in [-0.05, 0) is 61.1 Å². The van der Waals surface area contributed by atoms with Crippen LogP contribution in [0.5, 0.6) is 0 Å². The molecule has 26 heavy (non-hydrogen) atoms. The molecule has 1 aromatic heterocycles. The summed E-state index contributed by atoms with van der Waals surface area (Å²) in [6.45, 7) is 0. The summed E-state index contributed by atoms with van der Waals surface area (Å²) in [7, 11) is 0. The predicted octanol–water partition coefficient (Wildman–Crippen LogP) is 4.81. The molecule has 5 heteroatoms. The minimum absolute atomic E-state index is 0.256. The van der Waals surface area contributed by atoms with Crippen LogP contribution in [-0.4, -0.2) is 10.9 Å². The highest BCUT2D eigenvalue weighted by Gasteiger charge is 2.13. The van der Waals surface area contributed by atoms with E-state index in [1.807, 2.05) is 11.4 Å². The van der Waals surface area contributed by atoms with E-state index in [-0.39, 0.29) is 5.91 Å². The van der Waals surface area contributed by atoms with Gasteiger partial charge in [0, 0.05) is 16.5 Å². The average Bonchev–Trinajstić information content (AvgIpc) is 3.16. The van der Waals surface area contributed by atoms with E-state index in [1.165, 1.54) is 35.3 Å². The number of fused-ring (bicyclic) bond motifs is 1. The highest BCUT2D eigenvalue weighted by Crippen LogP contribution is 2.29. The largest absolute Gasteiger partial charge is 0.298 e. The SMILES string of the molecule is N#Cc1cccc(C(=O)Nc2nc(-c3ccc4c(c3)CCCC4)cs2)c1. The molecule has 0 saturated heterocycles. The van der Waals surface area contributed by atoms with Crippen molar-refractivity contribution in [3.8, 4) is 17.3 Å². The third-order valence-corrected chi connectivity index (χ3v) is 5.38. The number of thiazole rings is 1. The third kappa shape index (κ3) is 3.37. The number of benzene rings is 2. The molecular weight excluding hydrogens is 342 g/mol. The second-order valence-electron chi connectivity index (χ2n) is 6.38. The lowest BCUT2D eigenvalue weighted by atomic mass is 9.90. The maximum atomic E-state index is 12.4. The van der Waals surface area contributed by atoms with Crippen molar-refractivity contribution in [3.05, 3.63) is 70.1 Å². The zero-order chi connectivity index (χ0) is 17.9. The number of hydrogen-bond acceptors (Lipinski definition) is 4. The highest BCUT2D eigenvalue weighted by atomic mass is 32.1. The van der Waals surface area contributed by atoms with Gasteiger partial charge in [-0.25, -0.2) is 4.98 Å². The maximum Gasteiger partial charge on any atom is 0.257 e. The number of nitrogens with zero attached hydrogens (tertiary/aromatic N) is 2. The number of carbonyl (C=O) groups excluding carboxylic acids is 1. The van der Waals surface area contributed by atoms with Crippen LogP contribution in [0, 0.1) is 11.3 Å². The van der Waals surface area contributed by atoms with E-state index in [4.69, 9.17) is 5.26 Å². The Labute approximate surface area is 156 Å². The highest BCUT2D eigenvalue weighted by molar-refractivity contribution is 7.14. The summed E-state index contributed by atoms with van der Waals surface area (Å²) < 4.78 is 0. The van der Waals surface area contributed by atoms with E-state index >= 15 is 0 Å². The van der Waals surface area contributed by atoms with Gasteiger partial charge in [-0.2, -0.15) is 5.26 Å². The van der Waals surface area contributed by atoms with Crippen molar-refractivity contribution in [2.45, 2.75) is 25.7 Å². The molecule has 0 radical (unpaired) electrons. The lowest BCUT2D eigenvalue weighted by molar-refractivity contribution is 0.102. The molecule has 1 aliphatic rings. The number of rotatable bonds is 3. The van der Waals surface area contributed by atoms with Gasteiger partial charge in [-0.1, -0.05) is 18.2 Å². The van der Waals surface area contributed by atoms with Crippen LogP contribution in [0.25, 0.3) is 11.3 Å². The molecule has 4 nitrogen and oxygen atoms in total. The van der Waals surface area contributed by atoms with E-state index < -0.39 is 0 Å². The number of anilines is 1. The molecule has 0 atom stereocenters. The van der Waals surface area contributed by atoms with E-state index in [9.17, 15) is 4.79 Å². The van der Waals surface area contributed by atoms with Crippen LogP contribution in [0.2, 0.25) is 0 Å². The Bertz CT molecular complexity index is 1020. The van der Waals surface area contributed by atoms with E-state index in [0.29, 0.717) is 16.3 Å². The van der Waals surface area contributed by atoms with Gasteiger partial charge in [0.15, 0.2) is 5.13 Å². The summed E-state index contributed by atoms with van der Waals surface area (Å²) >= 11 is 1.41. The van der Waals surface area contributed by atoms with Gasteiger partial charge < -0.3 is 0 Å². The minimum Gasteiger partial charge on any atom is -0.298 e. The van der Waals surface area contributed by atoms with Crippen LogP contribution in [0.4, 0.5) is 5.13 Å². The fourth-order valence-corrected chi connectivity index (χ4v) is 3.97. The second kappa shape index (κ2) is 7.11. The molecule has 0 fully saturated rings. The maximum absolute atomic E-state index is 12.4. The van der Waals surface area contributed by atoms with Gasteiger partial charge in [-0.3, -0.25) is 10.1 Å². The summed E-state index contributed by atoms with van der Waals surface area (Å²) in [5.41, 5.74) is 5.75. The lowest BCUT2D eigenvalue weighted by Gasteiger charge is -2.16. The molecular formula is C21H17N3OS. The topological polar surface area (TPSA) is 65.8 Å². The summed E-state index contributed by atoms with van der Waals surface area (Å²) in [6.07, 6.45) is 4.81. The summed E-state index contributed by atoms with van der Waals surface area (Å²) in [5.74, 6) is -0.256. The zero-order valence-corrected chi connectivity index (χ0v) is 15.0. The van der Waals surface area contributed by atoms with Crippen molar-refractivity contribution in [2.24, 2.45) is 0 Å². The van der Waals surface area contributed by atoms with Crippen molar-refractivity contribution in [1.29, 1.82) is 5.26 Å².